The predicted octanol–water partition coefficient (Wildman–Crippen LogP) is 6.44. The lowest BCUT2D eigenvalue weighted by Gasteiger charge is -2.39. The molecule has 1 amide bonds. The largest absolute Gasteiger partial charge is 0.496 e. The van der Waals surface area contributed by atoms with E-state index in [-0.39, 0.29) is 23.7 Å². The highest BCUT2D eigenvalue weighted by atomic mass is 32.1. The van der Waals surface area contributed by atoms with E-state index in [1.54, 1.807) is 25.4 Å². The van der Waals surface area contributed by atoms with E-state index >= 15 is 0 Å². The van der Waals surface area contributed by atoms with Crippen LogP contribution in [0.2, 0.25) is 0 Å². The number of ether oxygens (including phenoxy) is 2. The topological polar surface area (TPSA) is 135 Å². The third kappa shape index (κ3) is 5.13. The van der Waals surface area contributed by atoms with E-state index in [4.69, 9.17) is 23.9 Å². The zero-order valence-corrected chi connectivity index (χ0v) is 28.7. The van der Waals surface area contributed by atoms with Crippen LogP contribution in [0.1, 0.15) is 57.8 Å². The van der Waals surface area contributed by atoms with Gasteiger partial charge in [-0.1, -0.05) is 24.3 Å². The van der Waals surface area contributed by atoms with E-state index in [1.807, 2.05) is 30.0 Å². The number of methoxy groups -OCH3 is 1. The number of aryl methyl sites for hydroxylation is 2. The zero-order valence-electron chi connectivity index (χ0n) is 27.9. The normalized spacial score (nSPS) is 19.3. The van der Waals surface area contributed by atoms with Crippen molar-refractivity contribution in [2.24, 2.45) is 0 Å². The van der Waals surface area contributed by atoms with Crippen LogP contribution >= 0.6 is 11.3 Å². The van der Waals surface area contributed by atoms with Gasteiger partial charge in [-0.3, -0.25) is 9.78 Å². The van der Waals surface area contributed by atoms with Crippen molar-refractivity contribution < 1.29 is 23.1 Å². The van der Waals surface area contributed by atoms with E-state index in [0.717, 1.165) is 44.9 Å². The molecule has 2 aliphatic heterocycles. The molecule has 2 aromatic carbocycles. The van der Waals surface area contributed by atoms with Crippen LogP contribution in [-0.4, -0.2) is 57.8 Å². The summed E-state index contributed by atoms with van der Waals surface area (Å²) in [6.45, 7) is 3.12. The van der Waals surface area contributed by atoms with Gasteiger partial charge in [0, 0.05) is 23.2 Å². The van der Waals surface area contributed by atoms with Crippen molar-refractivity contribution >= 4 is 33.1 Å². The third-order valence-corrected chi connectivity index (χ3v) is 11.5. The molecule has 13 heteroatoms. The number of nitrogens with zero attached hydrogens (tertiary/aromatic N) is 4. The van der Waals surface area contributed by atoms with Crippen LogP contribution in [0.4, 0.5) is 10.2 Å². The lowest BCUT2D eigenvalue weighted by molar-refractivity contribution is -0.0416. The molecule has 9 rings (SSSR count). The molecule has 4 aromatic heterocycles. The number of fused-ring (bicyclic) bond motifs is 5. The number of hydrogen-bond acceptors (Lipinski definition) is 10. The van der Waals surface area contributed by atoms with Crippen LogP contribution < -0.4 is 15.8 Å². The maximum atomic E-state index is 14.5. The lowest BCUT2D eigenvalue weighted by atomic mass is 9.90. The van der Waals surface area contributed by atoms with Crippen LogP contribution in [0, 0.1) is 5.82 Å². The molecule has 51 heavy (non-hydrogen) atoms. The Morgan fingerprint density at radius 2 is 1.98 bits per heavy atom. The molecule has 1 saturated heterocycles. The second-order valence-corrected chi connectivity index (χ2v) is 14.4. The highest BCUT2D eigenvalue weighted by molar-refractivity contribution is 7.23. The third-order valence-electron chi connectivity index (χ3n) is 10.3. The van der Waals surface area contributed by atoms with Gasteiger partial charge in [-0.15, -0.1) is 16.4 Å². The standard InChI is InChI=1S/C38H33FN6O5S/c1-38-19-49-17-16-45(38)36(46)31-30(29(35-43-44-37(47)50-35)26(41-33(31)38)12-8-20-6-9-22(39)10-7-20)28-18-21-14-15-40-34(32(21)51-28)42-25-13-11-24-23(25)4-3-5-27(24)48-2/h3-7,9-10,14-15,18,25H,8,11-13,16-17,19H2,1-2H3,(H,40,42)(H,44,47)/t25-,38-/m0/s1. The minimum atomic E-state index is -0.795. The molecular formula is C38H33FN6O5S. The maximum absolute atomic E-state index is 14.5. The fourth-order valence-corrected chi connectivity index (χ4v) is 9.03. The van der Waals surface area contributed by atoms with Gasteiger partial charge in [-0.25, -0.2) is 19.3 Å². The summed E-state index contributed by atoms with van der Waals surface area (Å²) in [5, 5.41) is 11.3. The van der Waals surface area contributed by atoms with Crippen molar-refractivity contribution in [1.82, 2.24) is 25.1 Å². The van der Waals surface area contributed by atoms with Crippen LogP contribution in [0.25, 0.3) is 32.0 Å². The van der Waals surface area contributed by atoms with E-state index in [2.05, 4.69) is 27.6 Å². The molecule has 2 atom stereocenters. The van der Waals surface area contributed by atoms with E-state index in [0.29, 0.717) is 60.7 Å². The van der Waals surface area contributed by atoms with Crippen molar-refractivity contribution in [3.05, 3.63) is 111 Å². The summed E-state index contributed by atoms with van der Waals surface area (Å²) in [5.74, 6) is 0.483. The van der Waals surface area contributed by atoms with Crippen molar-refractivity contribution in [2.45, 2.75) is 44.2 Å². The van der Waals surface area contributed by atoms with E-state index in [9.17, 15) is 14.0 Å². The van der Waals surface area contributed by atoms with Crippen molar-refractivity contribution in [3.63, 3.8) is 0 Å². The monoisotopic (exact) mass is 704 g/mol. The number of halogens is 1. The molecule has 2 N–H and O–H groups in total. The van der Waals surface area contributed by atoms with Gasteiger partial charge >= 0.3 is 5.76 Å². The van der Waals surface area contributed by atoms with Gasteiger partial charge in [0.15, 0.2) is 0 Å². The number of pyridine rings is 2. The van der Waals surface area contributed by atoms with Gasteiger partial charge in [0.25, 0.3) is 11.8 Å². The number of rotatable bonds is 8. The zero-order chi connectivity index (χ0) is 34.9. The Hall–Kier alpha value is -5.40. The Balaban J connectivity index is 1.23. The Bertz CT molecular complexity index is 2400. The molecule has 0 bridgehead atoms. The molecule has 3 aliphatic rings. The van der Waals surface area contributed by atoms with Gasteiger partial charge < -0.3 is 24.1 Å². The number of aromatic amines is 1. The first kappa shape index (κ1) is 31.6. The number of nitrogens with one attached hydrogen (secondary N) is 2. The van der Waals surface area contributed by atoms with E-state index in [1.165, 1.54) is 34.6 Å². The van der Waals surface area contributed by atoms with Gasteiger partial charge in [-0.05, 0) is 85.0 Å². The van der Waals surface area contributed by atoms with Crippen LogP contribution in [-0.2, 0) is 29.5 Å². The molecule has 0 spiro atoms. The Morgan fingerprint density at radius 1 is 1.12 bits per heavy atom. The summed E-state index contributed by atoms with van der Waals surface area (Å²) < 4.78 is 31.9. The van der Waals surface area contributed by atoms with Crippen molar-refractivity contribution in [3.8, 4) is 27.6 Å². The average molecular weight is 705 g/mol. The molecule has 0 radical (unpaired) electrons. The number of aromatic nitrogens is 4. The van der Waals surface area contributed by atoms with Gasteiger partial charge in [0.1, 0.15) is 22.9 Å². The molecule has 1 aliphatic carbocycles. The van der Waals surface area contributed by atoms with Crippen molar-refractivity contribution in [1.29, 1.82) is 0 Å². The van der Waals surface area contributed by atoms with Crippen molar-refractivity contribution in [2.75, 3.05) is 32.2 Å². The maximum Gasteiger partial charge on any atom is 0.434 e. The second-order valence-electron chi connectivity index (χ2n) is 13.3. The fourth-order valence-electron chi connectivity index (χ4n) is 7.87. The predicted molar refractivity (Wildman–Crippen MR) is 190 cm³/mol. The molecule has 258 valence electrons. The Morgan fingerprint density at radius 3 is 2.78 bits per heavy atom. The minimum absolute atomic E-state index is 0.0453. The first-order chi connectivity index (χ1) is 24.8. The van der Waals surface area contributed by atoms with Gasteiger partial charge in [0.05, 0.1) is 53.6 Å². The van der Waals surface area contributed by atoms with Gasteiger partial charge in [0.2, 0.25) is 0 Å². The van der Waals surface area contributed by atoms with Crippen LogP contribution in [0.5, 0.6) is 5.75 Å². The molecule has 0 unspecified atom stereocenters. The molecule has 11 nitrogen and oxygen atoms in total. The number of thiophene rings is 1. The number of hydrogen-bond donors (Lipinski definition) is 2. The minimum Gasteiger partial charge on any atom is -0.496 e. The van der Waals surface area contributed by atoms with Crippen LogP contribution in [0.3, 0.4) is 0 Å². The first-order valence-electron chi connectivity index (χ1n) is 16.9. The summed E-state index contributed by atoms with van der Waals surface area (Å²) in [7, 11) is 1.70. The molecule has 1 fully saturated rings. The number of amides is 1. The number of H-pyrrole nitrogens is 1. The molecule has 6 heterocycles. The second kappa shape index (κ2) is 12.1. The number of carbonyl (C=O) groups excluding carboxylic acids is 1. The number of morpholine rings is 1. The lowest BCUT2D eigenvalue weighted by Crippen LogP contribution is -2.50. The number of anilines is 1. The smallest absolute Gasteiger partial charge is 0.434 e. The summed E-state index contributed by atoms with van der Waals surface area (Å²) >= 11 is 1.51. The number of carbonyl (C=O) groups is 1. The summed E-state index contributed by atoms with van der Waals surface area (Å²) in [5.41, 5.74) is 5.25. The van der Waals surface area contributed by atoms with Crippen LogP contribution in [0.15, 0.2) is 70.0 Å². The summed E-state index contributed by atoms with van der Waals surface area (Å²) in [6.07, 6.45) is 4.51. The first-order valence-corrected chi connectivity index (χ1v) is 17.7. The SMILES string of the molecule is COc1cccc2c1CC[C@@H]2Nc1nccc2cc(-c3c4c(nc(CCc5ccc(F)cc5)c3-c3n[nH]c(=O)o3)[C@]3(C)COCCN3C4=O)sc12. The Labute approximate surface area is 295 Å². The highest BCUT2D eigenvalue weighted by Crippen LogP contribution is 2.50. The quantitative estimate of drug-likeness (QED) is 0.184. The molecular weight excluding hydrogens is 672 g/mol. The molecule has 6 aromatic rings. The Kier molecular flexibility index (Phi) is 7.51. The summed E-state index contributed by atoms with van der Waals surface area (Å²) in [6, 6.07) is 16.5. The fraction of sp³-hybridized carbons (Fsp3) is 0.289. The highest BCUT2D eigenvalue weighted by Gasteiger charge is 2.52. The van der Waals surface area contributed by atoms with E-state index < -0.39 is 11.3 Å². The summed E-state index contributed by atoms with van der Waals surface area (Å²) in [4.78, 5) is 39.5. The average Bonchev–Trinajstić information content (AvgIpc) is 3.92. The molecule has 0 saturated carbocycles. The number of benzene rings is 2. The van der Waals surface area contributed by atoms with Gasteiger partial charge in [-0.2, -0.15) is 0 Å².